The molecule has 3 aromatic rings. The Kier molecular flexibility index (Phi) is 4.99. The van der Waals surface area contributed by atoms with Gasteiger partial charge in [-0.3, -0.25) is 4.72 Å². The molecule has 0 atom stereocenters. The first-order valence-electron chi connectivity index (χ1n) is 7.20. The number of para-hydroxylation sites is 1. The second-order valence-corrected chi connectivity index (χ2v) is 7.73. The minimum atomic E-state index is -3.86. The number of rotatable bonds is 4. The van der Waals surface area contributed by atoms with Crippen molar-refractivity contribution in [3.05, 3.63) is 82.6 Å². The van der Waals surface area contributed by atoms with E-state index in [1.807, 2.05) is 0 Å². The van der Waals surface area contributed by atoms with Crippen molar-refractivity contribution in [2.75, 3.05) is 4.72 Å². The number of benzene rings is 3. The van der Waals surface area contributed by atoms with Gasteiger partial charge in [0.1, 0.15) is 5.82 Å². The molecule has 3 rings (SSSR count). The van der Waals surface area contributed by atoms with E-state index in [-0.39, 0.29) is 20.8 Å². The molecule has 0 aromatic heterocycles. The van der Waals surface area contributed by atoms with Gasteiger partial charge in [0.15, 0.2) is 0 Å². The van der Waals surface area contributed by atoms with Gasteiger partial charge in [-0.25, -0.2) is 12.8 Å². The van der Waals surface area contributed by atoms with E-state index >= 15 is 0 Å². The molecule has 0 heterocycles. The van der Waals surface area contributed by atoms with Crippen molar-refractivity contribution >= 4 is 38.9 Å². The van der Waals surface area contributed by atoms with Crippen LogP contribution in [-0.2, 0) is 10.0 Å². The van der Waals surface area contributed by atoms with Crippen molar-refractivity contribution < 1.29 is 12.8 Å². The molecule has 0 aliphatic heterocycles. The van der Waals surface area contributed by atoms with Crippen LogP contribution in [0.5, 0.6) is 0 Å². The number of nitrogens with one attached hydrogen (secondary N) is 1. The molecule has 0 aliphatic carbocycles. The molecule has 3 aromatic carbocycles. The predicted octanol–water partition coefficient (Wildman–Crippen LogP) is 5.60. The SMILES string of the molecule is O=S(=O)(Nc1ccccc1-c1ccc(F)cc1)c1ccc(Cl)c(Cl)c1. The molecule has 0 unspecified atom stereocenters. The van der Waals surface area contributed by atoms with Gasteiger partial charge in [0.2, 0.25) is 0 Å². The van der Waals surface area contributed by atoms with Gasteiger partial charge in [-0.2, -0.15) is 0 Å². The first-order chi connectivity index (χ1) is 11.9. The Bertz CT molecular complexity index is 1020. The summed E-state index contributed by atoms with van der Waals surface area (Å²) in [7, 11) is -3.86. The number of hydrogen-bond donors (Lipinski definition) is 1. The van der Waals surface area contributed by atoms with Crippen LogP contribution in [0.25, 0.3) is 11.1 Å². The third-order valence-electron chi connectivity index (χ3n) is 3.53. The minimum Gasteiger partial charge on any atom is -0.279 e. The van der Waals surface area contributed by atoms with E-state index in [1.54, 1.807) is 36.4 Å². The maximum Gasteiger partial charge on any atom is 0.261 e. The lowest BCUT2D eigenvalue weighted by Crippen LogP contribution is -2.13. The predicted molar refractivity (Wildman–Crippen MR) is 99.1 cm³/mol. The van der Waals surface area contributed by atoms with Crippen molar-refractivity contribution in [1.29, 1.82) is 0 Å². The summed E-state index contributed by atoms with van der Waals surface area (Å²) in [5, 5.41) is 0.420. The highest BCUT2D eigenvalue weighted by atomic mass is 35.5. The number of sulfonamides is 1. The van der Waals surface area contributed by atoms with Gasteiger partial charge in [-0.05, 0) is 42.0 Å². The average Bonchev–Trinajstić information content (AvgIpc) is 2.58. The first-order valence-corrected chi connectivity index (χ1v) is 9.43. The third-order valence-corrected chi connectivity index (χ3v) is 5.63. The Morgan fingerprint density at radius 1 is 0.840 bits per heavy atom. The van der Waals surface area contributed by atoms with Crippen molar-refractivity contribution in [3.8, 4) is 11.1 Å². The number of halogens is 3. The number of anilines is 1. The fraction of sp³-hybridized carbons (Fsp3) is 0. The van der Waals surface area contributed by atoms with Crippen LogP contribution in [0, 0.1) is 5.82 Å². The van der Waals surface area contributed by atoms with Gasteiger partial charge in [0, 0.05) is 5.56 Å². The Morgan fingerprint density at radius 3 is 2.20 bits per heavy atom. The fourth-order valence-corrected chi connectivity index (χ4v) is 3.77. The van der Waals surface area contributed by atoms with Gasteiger partial charge in [-0.1, -0.05) is 53.5 Å². The number of hydrogen-bond acceptors (Lipinski definition) is 2. The molecule has 1 N–H and O–H groups in total. The quantitative estimate of drug-likeness (QED) is 0.624. The highest BCUT2D eigenvalue weighted by Gasteiger charge is 2.17. The van der Waals surface area contributed by atoms with Crippen molar-refractivity contribution in [1.82, 2.24) is 0 Å². The normalized spacial score (nSPS) is 11.3. The molecule has 25 heavy (non-hydrogen) atoms. The Hall–Kier alpha value is -2.08. The van der Waals surface area contributed by atoms with Crippen LogP contribution in [0.4, 0.5) is 10.1 Å². The molecule has 3 nitrogen and oxygen atoms in total. The summed E-state index contributed by atoms with van der Waals surface area (Å²) in [6.07, 6.45) is 0. The van der Waals surface area contributed by atoms with E-state index in [2.05, 4.69) is 4.72 Å². The fourth-order valence-electron chi connectivity index (χ4n) is 2.30. The van der Waals surface area contributed by atoms with Crippen LogP contribution in [-0.4, -0.2) is 8.42 Å². The van der Waals surface area contributed by atoms with Crippen LogP contribution >= 0.6 is 23.2 Å². The highest BCUT2D eigenvalue weighted by molar-refractivity contribution is 7.92. The molecular formula is C18H12Cl2FNO2S. The van der Waals surface area contributed by atoms with Crippen LogP contribution in [0.1, 0.15) is 0 Å². The standard InChI is InChI=1S/C18H12Cl2FNO2S/c19-16-10-9-14(11-17(16)20)25(23,24)22-18-4-2-1-3-15(18)12-5-7-13(21)8-6-12/h1-11,22H. The first kappa shape index (κ1) is 17.7. The smallest absolute Gasteiger partial charge is 0.261 e. The van der Waals surface area contributed by atoms with Crippen LogP contribution < -0.4 is 4.72 Å². The third kappa shape index (κ3) is 3.95. The van der Waals surface area contributed by atoms with Gasteiger partial charge < -0.3 is 0 Å². The molecule has 0 fully saturated rings. The zero-order chi connectivity index (χ0) is 18.0. The second-order valence-electron chi connectivity index (χ2n) is 5.23. The summed E-state index contributed by atoms with van der Waals surface area (Å²) in [4.78, 5) is -0.00388. The lowest BCUT2D eigenvalue weighted by atomic mass is 10.0. The second kappa shape index (κ2) is 7.04. The van der Waals surface area contributed by atoms with Crippen LogP contribution in [0.3, 0.4) is 0 Å². The molecule has 0 saturated heterocycles. The van der Waals surface area contributed by atoms with Gasteiger partial charge in [0.05, 0.1) is 20.6 Å². The minimum absolute atomic E-state index is 0.00388. The van der Waals surface area contributed by atoms with Crippen LogP contribution in [0.15, 0.2) is 71.6 Å². The molecular weight excluding hydrogens is 384 g/mol. The summed E-state index contributed by atoms with van der Waals surface area (Å²) in [5.41, 5.74) is 1.69. The van der Waals surface area contributed by atoms with Crippen molar-refractivity contribution in [2.45, 2.75) is 4.90 Å². The zero-order valence-corrected chi connectivity index (χ0v) is 15.0. The molecule has 0 radical (unpaired) electrons. The largest absolute Gasteiger partial charge is 0.279 e. The van der Waals surface area contributed by atoms with E-state index in [4.69, 9.17) is 23.2 Å². The average molecular weight is 396 g/mol. The maximum absolute atomic E-state index is 13.1. The summed E-state index contributed by atoms with van der Waals surface area (Å²) in [6, 6.07) is 16.7. The summed E-state index contributed by atoms with van der Waals surface area (Å²) < 4.78 is 40.9. The summed E-state index contributed by atoms with van der Waals surface area (Å²) in [5.74, 6) is -0.363. The Balaban J connectivity index is 2.00. The highest BCUT2D eigenvalue weighted by Crippen LogP contribution is 2.31. The van der Waals surface area contributed by atoms with E-state index in [1.165, 1.54) is 30.3 Å². The van der Waals surface area contributed by atoms with Crippen molar-refractivity contribution in [2.24, 2.45) is 0 Å². The van der Waals surface area contributed by atoms with E-state index in [9.17, 15) is 12.8 Å². The maximum atomic E-state index is 13.1. The van der Waals surface area contributed by atoms with Gasteiger partial charge in [0.25, 0.3) is 10.0 Å². The van der Waals surface area contributed by atoms with E-state index < -0.39 is 10.0 Å². The lowest BCUT2D eigenvalue weighted by molar-refractivity contribution is 0.601. The topological polar surface area (TPSA) is 46.2 Å². The van der Waals surface area contributed by atoms with E-state index in [0.29, 0.717) is 16.8 Å². The molecule has 0 aliphatic rings. The molecule has 7 heteroatoms. The molecule has 0 saturated carbocycles. The summed E-state index contributed by atoms with van der Waals surface area (Å²) in [6.45, 7) is 0. The molecule has 0 bridgehead atoms. The van der Waals surface area contributed by atoms with Gasteiger partial charge in [-0.15, -0.1) is 0 Å². The van der Waals surface area contributed by atoms with Gasteiger partial charge >= 0.3 is 0 Å². The summed E-state index contributed by atoms with van der Waals surface area (Å²) >= 11 is 11.7. The molecule has 0 spiro atoms. The monoisotopic (exact) mass is 395 g/mol. The Labute approximate surface area is 155 Å². The van der Waals surface area contributed by atoms with Crippen LogP contribution in [0.2, 0.25) is 10.0 Å². The molecule has 128 valence electrons. The zero-order valence-electron chi connectivity index (χ0n) is 12.7. The molecule has 0 amide bonds. The Morgan fingerprint density at radius 2 is 1.52 bits per heavy atom. The van der Waals surface area contributed by atoms with E-state index in [0.717, 1.165) is 0 Å². The van der Waals surface area contributed by atoms with Crippen molar-refractivity contribution in [3.63, 3.8) is 0 Å². The lowest BCUT2D eigenvalue weighted by Gasteiger charge is -2.13.